The monoisotopic (exact) mass is 272 g/mol. The second-order valence-corrected chi connectivity index (χ2v) is 4.56. The summed E-state index contributed by atoms with van der Waals surface area (Å²) in [5.41, 5.74) is 3.81. The molecule has 1 amide bonds. The Balaban J connectivity index is 2.20. The first-order chi connectivity index (χ1) is 9.19. The van der Waals surface area contributed by atoms with Crippen LogP contribution in [0.2, 0.25) is 0 Å². The molecule has 0 spiro atoms. The highest BCUT2D eigenvalue weighted by Crippen LogP contribution is 2.25. The minimum absolute atomic E-state index is 0.124. The van der Waals surface area contributed by atoms with Crippen molar-refractivity contribution in [3.05, 3.63) is 54.1 Å². The zero-order valence-corrected chi connectivity index (χ0v) is 11.6. The van der Waals surface area contributed by atoms with Crippen molar-refractivity contribution in [1.82, 2.24) is 0 Å². The van der Waals surface area contributed by atoms with Crippen LogP contribution in [0.15, 0.2) is 48.5 Å². The predicted molar refractivity (Wildman–Crippen MR) is 83.4 cm³/mol. The predicted octanol–water partition coefficient (Wildman–Crippen LogP) is 3.61. The van der Waals surface area contributed by atoms with Gasteiger partial charge in [0.1, 0.15) is 0 Å². The Morgan fingerprint density at radius 2 is 1.68 bits per heavy atom. The van der Waals surface area contributed by atoms with E-state index in [1.165, 1.54) is 5.56 Å². The van der Waals surface area contributed by atoms with Gasteiger partial charge in [0, 0.05) is 5.69 Å². The average molecular weight is 272 g/mol. The normalized spacial score (nSPS) is 10.0. The van der Waals surface area contributed by atoms with Crippen LogP contribution in [-0.2, 0) is 4.79 Å². The van der Waals surface area contributed by atoms with E-state index in [1.54, 1.807) is 0 Å². The van der Waals surface area contributed by atoms with Gasteiger partial charge in [-0.1, -0.05) is 29.8 Å². The lowest BCUT2D eigenvalue weighted by Crippen LogP contribution is -2.13. The second-order valence-electron chi connectivity index (χ2n) is 4.24. The molecule has 2 N–H and O–H groups in total. The average Bonchev–Trinajstić information content (AvgIpc) is 2.43. The molecule has 0 radical (unpaired) electrons. The highest BCUT2D eigenvalue weighted by Gasteiger charge is 2.05. The van der Waals surface area contributed by atoms with Crippen LogP contribution in [0.25, 0.3) is 0 Å². The van der Waals surface area contributed by atoms with E-state index in [9.17, 15) is 4.79 Å². The van der Waals surface area contributed by atoms with Crippen molar-refractivity contribution in [3.8, 4) is 0 Å². The molecule has 0 unspecified atom stereocenters. The van der Waals surface area contributed by atoms with Gasteiger partial charge < -0.3 is 10.6 Å². The topological polar surface area (TPSA) is 41.1 Å². The number of anilines is 3. The summed E-state index contributed by atoms with van der Waals surface area (Å²) in [5.74, 6) is 0.0419. The number of nitrogens with one attached hydrogen (secondary N) is 2. The fraction of sp³-hybridized carbons (Fsp3) is 0.133. The second kappa shape index (κ2) is 6.29. The molecule has 4 heteroatoms. The largest absolute Gasteiger partial charge is 0.354 e. The first kappa shape index (κ1) is 13.5. The maximum Gasteiger partial charge on any atom is 0.234 e. The van der Waals surface area contributed by atoms with Crippen molar-refractivity contribution in [2.24, 2.45) is 0 Å². The van der Waals surface area contributed by atoms with E-state index in [0.717, 1.165) is 17.1 Å². The van der Waals surface area contributed by atoms with Crippen molar-refractivity contribution in [1.29, 1.82) is 0 Å². The van der Waals surface area contributed by atoms with E-state index in [2.05, 4.69) is 23.3 Å². The lowest BCUT2D eigenvalue weighted by atomic mass is 10.2. The number of amides is 1. The van der Waals surface area contributed by atoms with Gasteiger partial charge in [0.05, 0.1) is 17.1 Å². The smallest absolute Gasteiger partial charge is 0.234 e. The minimum Gasteiger partial charge on any atom is -0.354 e. The SMILES string of the molecule is Cc1ccc(Nc2ccccc2NC(=O)CS)cc1. The molecule has 0 heterocycles. The summed E-state index contributed by atoms with van der Waals surface area (Å²) < 4.78 is 0. The number of benzene rings is 2. The summed E-state index contributed by atoms with van der Waals surface area (Å²) in [6.45, 7) is 2.05. The van der Waals surface area contributed by atoms with Gasteiger partial charge >= 0.3 is 0 Å². The Bertz CT molecular complexity index is 567. The van der Waals surface area contributed by atoms with Crippen LogP contribution in [0.5, 0.6) is 0 Å². The molecule has 2 rings (SSSR count). The molecular weight excluding hydrogens is 256 g/mol. The summed E-state index contributed by atoms with van der Waals surface area (Å²) in [7, 11) is 0. The van der Waals surface area contributed by atoms with Crippen LogP contribution in [0.3, 0.4) is 0 Å². The van der Waals surface area contributed by atoms with Gasteiger partial charge in [0.2, 0.25) is 5.91 Å². The van der Waals surface area contributed by atoms with Crippen LogP contribution in [0.1, 0.15) is 5.56 Å². The van der Waals surface area contributed by atoms with Crippen molar-refractivity contribution in [2.75, 3.05) is 16.4 Å². The number of rotatable bonds is 4. The third-order valence-corrected chi connectivity index (χ3v) is 2.96. The summed E-state index contributed by atoms with van der Waals surface area (Å²) >= 11 is 3.96. The Morgan fingerprint density at radius 3 is 2.32 bits per heavy atom. The van der Waals surface area contributed by atoms with Gasteiger partial charge in [0.25, 0.3) is 0 Å². The first-order valence-electron chi connectivity index (χ1n) is 6.02. The van der Waals surface area contributed by atoms with E-state index in [4.69, 9.17) is 0 Å². The molecule has 0 fully saturated rings. The number of carbonyl (C=O) groups excluding carboxylic acids is 1. The molecule has 0 saturated carbocycles. The number of carbonyl (C=O) groups is 1. The molecule has 0 atom stereocenters. The molecule has 0 aromatic heterocycles. The standard InChI is InChI=1S/C15H16N2OS/c1-11-6-8-12(9-7-11)16-13-4-2-3-5-14(13)17-15(18)10-19/h2-9,16,19H,10H2,1H3,(H,17,18). The zero-order chi connectivity index (χ0) is 13.7. The molecule has 0 aliphatic carbocycles. The molecule has 19 heavy (non-hydrogen) atoms. The van der Waals surface area contributed by atoms with Crippen LogP contribution in [0.4, 0.5) is 17.1 Å². The van der Waals surface area contributed by atoms with Gasteiger partial charge in [-0.15, -0.1) is 0 Å². The molecule has 0 saturated heterocycles. The van der Waals surface area contributed by atoms with Crippen LogP contribution >= 0.6 is 12.6 Å². The van der Waals surface area contributed by atoms with Crippen molar-refractivity contribution < 1.29 is 4.79 Å². The van der Waals surface area contributed by atoms with Crippen LogP contribution in [-0.4, -0.2) is 11.7 Å². The fourth-order valence-corrected chi connectivity index (χ4v) is 1.76. The summed E-state index contributed by atoms with van der Waals surface area (Å²) in [4.78, 5) is 11.4. The lowest BCUT2D eigenvalue weighted by Gasteiger charge is -2.12. The molecule has 2 aromatic rings. The maximum atomic E-state index is 11.4. The third-order valence-electron chi connectivity index (χ3n) is 2.68. The highest BCUT2D eigenvalue weighted by atomic mass is 32.1. The van der Waals surface area contributed by atoms with Gasteiger partial charge in [-0.05, 0) is 31.2 Å². The van der Waals surface area contributed by atoms with Crippen molar-refractivity contribution in [2.45, 2.75) is 6.92 Å². The van der Waals surface area contributed by atoms with Gasteiger partial charge in [-0.25, -0.2) is 0 Å². The van der Waals surface area contributed by atoms with Crippen LogP contribution < -0.4 is 10.6 Å². The Kier molecular flexibility index (Phi) is 4.47. The van der Waals surface area contributed by atoms with E-state index >= 15 is 0 Å². The number of hydrogen-bond donors (Lipinski definition) is 3. The number of para-hydroxylation sites is 2. The summed E-state index contributed by atoms with van der Waals surface area (Å²) in [5, 5.41) is 6.10. The Morgan fingerprint density at radius 1 is 1.05 bits per heavy atom. The highest BCUT2D eigenvalue weighted by molar-refractivity contribution is 7.81. The number of thiol groups is 1. The zero-order valence-electron chi connectivity index (χ0n) is 10.7. The number of hydrogen-bond acceptors (Lipinski definition) is 3. The third kappa shape index (κ3) is 3.76. The van der Waals surface area contributed by atoms with Crippen molar-refractivity contribution >= 4 is 35.6 Å². The first-order valence-corrected chi connectivity index (χ1v) is 6.66. The molecule has 2 aromatic carbocycles. The van der Waals surface area contributed by atoms with E-state index in [-0.39, 0.29) is 11.7 Å². The molecule has 3 nitrogen and oxygen atoms in total. The molecule has 0 aliphatic rings. The van der Waals surface area contributed by atoms with Gasteiger partial charge in [-0.3, -0.25) is 4.79 Å². The summed E-state index contributed by atoms with van der Waals surface area (Å²) in [6, 6.07) is 15.7. The molecule has 0 bridgehead atoms. The van der Waals surface area contributed by atoms with Gasteiger partial charge in [-0.2, -0.15) is 12.6 Å². The van der Waals surface area contributed by atoms with E-state index in [0.29, 0.717) is 0 Å². The molecular formula is C15H16N2OS. The minimum atomic E-state index is -0.124. The van der Waals surface area contributed by atoms with Crippen molar-refractivity contribution in [3.63, 3.8) is 0 Å². The van der Waals surface area contributed by atoms with E-state index in [1.807, 2.05) is 55.5 Å². The van der Waals surface area contributed by atoms with Gasteiger partial charge in [0.15, 0.2) is 0 Å². The number of aryl methyl sites for hydroxylation is 1. The molecule has 0 aliphatic heterocycles. The fourth-order valence-electron chi connectivity index (χ4n) is 1.68. The van der Waals surface area contributed by atoms with Crippen LogP contribution in [0, 0.1) is 6.92 Å². The Hall–Kier alpha value is -1.94. The lowest BCUT2D eigenvalue weighted by molar-refractivity contribution is -0.113. The Labute approximate surface area is 118 Å². The van der Waals surface area contributed by atoms with E-state index < -0.39 is 0 Å². The quantitative estimate of drug-likeness (QED) is 0.744. The molecule has 98 valence electrons. The summed E-state index contributed by atoms with van der Waals surface area (Å²) in [6.07, 6.45) is 0. The maximum absolute atomic E-state index is 11.4.